The van der Waals surface area contributed by atoms with E-state index in [-0.39, 0.29) is 37.8 Å². The molecule has 0 saturated carbocycles. The van der Waals surface area contributed by atoms with Gasteiger partial charge in [-0.1, -0.05) is 103 Å². The van der Waals surface area contributed by atoms with Gasteiger partial charge in [0.05, 0.1) is 17.7 Å². The second-order valence-electron chi connectivity index (χ2n) is 10.5. The molecule has 9 heteroatoms. The van der Waals surface area contributed by atoms with Crippen LogP contribution in [0.5, 0.6) is 0 Å². The minimum Gasteiger partial charge on any atom is -0.394 e. The summed E-state index contributed by atoms with van der Waals surface area (Å²) >= 11 is 0. The Labute approximate surface area is 241 Å². The lowest BCUT2D eigenvalue weighted by molar-refractivity contribution is -0.134. The highest BCUT2D eigenvalue weighted by Gasteiger charge is 2.34. The molecule has 226 valence electrons. The largest absolute Gasteiger partial charge is 0.394 e. The molecule has 0 aromatic heterocycles. The van der Waals surface area contributed by atoms with Crippen molar-refractivity contribution in [2.24, 2.45) is 0 Å². The number of nitrogens with zero attached hydrogens (tertiary/aromatic N) is 1. The lowest BCUT2D eigenvalue weighted by atomic mass is 10.0. The van der Waals surface area contributed by atoms with Crippen LogP contribution in [0.1, 0.15) is 137 Å². The standard InChI is InChI=1S/C31H50NO7P/c1-2-3-4-5-6-7-8-9-10-11-12-13-14-17-24-37-25-19-26-38-40(36)39-29(33)22-18-23-32-30(34)27-20-15-16-21-28(27)31(32)35/h15-16,20-21,40H,2-14,17-19,22-26H2,1H3. The third kappa shape index (κ3) is 14.0. The molecule has 0 saturated heterocycles. The van der Waals surface area contributed by atoms with Crippen molar-refractivity contribution in [1.82, 2.24) is 4.90 Å². The van der Waals surface area contributed by atoms with Gasteiger partial charge in [0.25, 0.3) is 11.8 Å². The monoisotopic (exact) mass is 579 g/mol. The number of benzene rings is 1. The van der Waals surface area contributed by atoms with E-state index < -0.39 is 14.2 Å². The van der Waals surface area contributed by atoms with Gasteiger partial charge in [-0.3, -0.25) is 19.3 Å². The fourth-order valence-corrected chi connectivity index (χ4v) is 5.47. The number of hydrogen-bond acceptors (Lipinski definition) is 7. The van der Waals surface area contributed by atoms with Crippen LogP contribution < -0.4 is 0 Å². The number of imide groups is 1. The molecular weight excluding hydrogens is 529 g/mol. The molecule has 1 aromatic rings. The first kappa shape index (κ1) is 34.2. The van der Waals surface area contributed by atoms with Crippen molar-refractivity contribution in [1.29, 1.82) is 0 Å². The van der Waals surface area contributed by atoms with E-state index in [1.165, 1.54) is 83.5 Å². The zero-order valence-electron chi connectivity index (χ0n) is 24.5. The smallest absolute Gasteiger partial charge is 0.369 e. The number of rotatable bonds is 25. The van der Waals surface area contributed by atoms with Crippen molar-refractivity contribution in [2.75, 3.05) is 26.4 Å². The van der Waals surface area contributed by atoms with Crippen LogP contribution in [-0.4, -0.2) is 49.0 Å². The van der Waals surface area contributed by atoms with Gasteiger partial charge in [0, 0.05) is 26.2 Å². The van der Waals surface area contributed by atoms with Crippen LogP contribution in [-0.2, 0) is 23.1 Å². The number of hydrogen-bond donors (Lipinski definition) is 0. The van der Waals surface area contributed by atoms with Crippen LogP contribution in [0, 0.1) is 0 Å². The van der Waals surface area contributed by atoms with Gasteiger partial charge in [0.2, 0.25) is 0 Å². The number of amides is 2. The Morgan fingerprint density at radius 2 is 1.20 bits per heavy atom. The first-order chi connectivity index (χ1) is 19.5. The van der Waals surface area contributed by atoms with Gasteiger partial charge >= 0.3 is 14.2 Å². The number of ether oxygens (including phenoxy) is 1. The van der Waals surface area contributed by atoms with Crippen molar-refractivity contribution in [2.45, 2.75) is 116 Å². The van der Waals surface area contributed by atoms with E-state index in [9.17, 15) is 18.9 Å². The topological polar surface area (TPSA) is 99.2 Å². The second kappa shape index (κ2) is 21.7. The molecule has 40 heavy (non-hydrogen) atoms. The van der Waals surface area contributed by atoms with Crippen LogP contribution in [0.25, 0.3) is 0 Å². The highest BCUT2D eigenvalue weighted by atomic mass is 31.1. The quantitative estimate of drug-likeness (QED) is 0.0659. The molecule has 1 aliphatic heterocycles. The van der Waals surface area contributed by atoms with E-state index in [1.54, 1.807) is 24.3 Å². The Hall–Kier alpha value is -2.02. The Morgan fingerprint density at radius 3 is 1.75 bits per heavy atom. The molecule has 0 N–H and O–H groups in total. The normalized spacial score (nSPS) is 13.6. The Balaban J connectivity index is 1.33. The summed E-state index contributed by atoms with van der Waals surface area (Å²) in [5.41, 5.74) is 0.745. The predicted molar refractivity (Wildman–Crippen MR) is 158 cm³/mol. The average molecular weight is 580 g/mol. The van der Waals surface area contributed by atoms with Gasteiger partial charge in [-0.2, -0.15) is 0 Å². The molecule has 1 unspecified atom stereocenters. The van der Waals surface area contributed by atoms with Gasteiger partial charge in [-0.05, 0) is 31.4 Å². The van der Waals surface area contributed by atoms with E-state index in [0.29, 0.717) is 24.2 Å². The molecule has 2 rings (SSSR count). The molecular formula is C31H50NO7P. The molecule has 0 fully saturated rings. The number of unbranched alkanes of at least 4 members (excludes halogenated alkanes) is 13. The lowest BCUT2D eigenvalue weighted by Gasteiger charge is -2.13. The van der Waals surface area contributed by atoms with Crippen molar-refractivity contribution in [3.63, 3.8) is 0 Å². The van der Waals surface area contributed by atoms with Crippen LogP contribution in [0.15, 0.2) is 24.3 Å². The van der Waals surface area contributed by atoms with Crippen molar-refractivity contribution >= 4 is 26.0 Å². The average Bonchev–Trinajstić information content (AvgIpc) is 3.19. The third-order valence-electron chi connectivity index (χ3n) is 7.13. The van der Waals surface area contributed by atoms with Gasteiger partial charge in [-0.15, -0.1) is 0 Å². The van der Waals surface area contributed by atoms with Crippen LogP contribution in [0.2, 0.25) is 0 Å². The van der Waals surface area contributed by atoms with Crippen molar-refractivity contribution < 1.29 is 32.7 Å². The van der Waals surface area contributed by atoms with Crippen LogP contribution >= 0.6 is 8.25 Å². The molecule has 1 aromatic carbocycles. The predicted octanol–water partition coefficient (Wildman–Crippen LogP) is 7.90. The summed E-state index contributed by atoms with van der Waals surface area (Å²) in [6, 6.07) is 6.63. The van der Waals surface area contributed by atoms with Crippen molar-refractivity contribution in [3.05, 3.63) is 35.4 Å². The molecule has 8 nitrogen and oxygen atoms in total. The summed E-state index contributed by atoms with van der Waals surface area (Å²) in [5, 5.41) is 0. The second-order valence-corrected chi connectivity index (χ2v) is 11.5. The minimum absolute atomic E-state index is 0.0600. The zero-order chi connectivity index (χ0) is 28.8. The molecule has 0 spiro atoms. The summed E-state index contributed by atoms with van der Waals surface area (Å²) in [6.07, 6.45) is 19.3. The molecule has 0 aliphatic carbocycles. The molecule has 0 radical (unpaired) electrons. The molecule has 1 aliphatic rings. The SMILES string of the molecule is CCCCCCCCCCCCCCCCOCCCO[PH](=O)OC(=O)CCCN1C(=O)c2ccccc2C1=O. The number of fused-ring (bicyclic) bond motifs is 1. The summed E-state index contributed by atoms with van der Waals surface area (Å²) in [4.78, 5) is 37.7. The highest BCUT2D eigenvalue weighted by Crippen LogP contribution is 2.26. The highest BCUT2D eigenvalue weighted by molar-refractivity contribution is 7.34. The Kier molecular flexibility index (Phi) is 18.5. The summed E-state index contributed by atoms with van der Waals surface area (Å²) in [7, 11) is -2.93. The van der Waals surface area contributed by atoms with Gasteiger partial charge < -0.3 is 13.8 Å². The van der Waals surface area contributed by atoms with Gasteiger partial charge in [0.1, 0.15) is 0 Å². The number of carbonyl (C=O) groups excluding carboxylic acids is 3. The molecule has 1 atom stereocenters. The van der Waals surface area contributed by atoms with E-state index in [0.717, 1.165) is 17.9 Å². The minimum atomic E-state index is -2.93. The zero-order valence-corrected chi connectivity index (χ0v) is 25.5. The first-order valence-electron chi connectivity index (χ1n) is 15.4. The summed E-state index contributed by atoms with van der Waals surface area (Å²) in [6.45, 7) is 3.79. The summed E-state index contributed by atoms with van der Waals surface area (Å²) < 4.78 is 27.4. The molecule has 2 amide bonds. The Bertz CT molecular complexity index is 872. The maximum absolute atomic E-state index is 12.3. The van der Waals surface area contributed by atoms with Gasteiger partial charge in [0.15, 0.2) is 0 Å². The van der Waals surface area contributed by atoms with Crippen molar-refractivity contribution in [3.8, 4) is 0 Å². The van der Waals surface area contributed by atoms with Crippen LogP contribution in [0.4, 0.5) is 0 Å². The lowest BCUT2D eigenvalue weighted by Crippen LogP contribution is -2.31. The van der Waals surface area contributed by atoms with E-state index >= 15 is 0 Å². The third-order valence-corrected chi connectivity index (χ3v) is 7.97. The number of carbonyl (C=O) groups is 3. The molecule has 0 bridgehead atoms. The van der Waals surface area contributed by atoms with E-state index in [2.05, 4.69) is 6.92 Å². The molecule has 1 heterocycles. The summed E-state index contributed by atoms with van der Waals surface area (Å²) in [5.74, 6) is -1.40. The fraction of sp³-hybridized carbons (Fsp3) is 0.710. The Morgan fingerprint density at radius 1 is 0.700 bits per heavy atom. The van der Waals surface area contributed by atoms with E-state index in [1.807, 2.05) is 0 Å². The fourth-order valence-electron chi connectivity index (χ4n) is 4.81. The first-order valence-corrected chi connectivity index (χ1v) is 16.7. The van der Waals surface area contributed by atoms with E-state index in [4.69, 9.17) is 13.8 Å². The van der Waals surface area contributed by atoms with Crippen LogP contribution in [0.3, 0.4) is 0 Å². The maximum Gasteiger partial charge on any atom is 0.369 e. The maximum atomic E-state index is 12.3. The van der Waals surface area contributed by atoms with Gasteiger partial charge in [-0.25, -0.2) is 4.57 Å².